The highest BCUT2D eigenvalue weighted by Gasteiger charge is 2.22. The second-order valence-electron chi connectivity index (χ2n) is 6.77. The lowest BCUT2D eigenvalue weighted by atomic mass is 10.3. The van der Waals surface area contributed by atoms with E-state index in [0.29, 0.717) is 50.4 Å². The molecule has 2 aromatic rings. The quantitative estimate of drug-likeness (QED) is 0.532. The third-order valence-corrected chi connectivity index (χ3v) is 4.80. The Morgan fingerprint density at radius 1 is 1.17 bits per heavy atom. The maximum Gasteiger partial charge on any atom is 0.225 e. The lowest BCUT2D eigenvalue weighted by Crippen LogP contribution is -2.50. The summed E-state index contributed by atoms with van der Waals surface area (Å²) in [5.41, 5.74) is 0.884. The van der Waals surface area contributed by atoms with E-state index in [1.165, 1.54) is 0 Å². The van der Waals surface area contributed by atoms with E-state index in [2.05, 4.69) is 35.5 Å². The number of oxazole rings is 1. The van der Waals surface area contributed by atoms with Crippen LogP contribution >= 0.6 is 0 Å². The molecule has 10 nitrogen and oxygen atoms in total. The van der Waals surface area contributed by atoms with Gasteiger partial charge in [0.15, 0.2) is 5.96 Å². The van der Waals surface area contributed by atoms with E-state index in [9.17, 15) is 4.79 Å². The molecular weight excluding hydrogens is 372 g/mol. The van der Waals surface area contributed by atoms with Gasteiger partial charge in [-0.1, -0.05) is 0 Å². The Hall–Kier alpha value is -3.17. The second-order valence-corrected chi connectivity index (χ2v) is 6.77. The number of guanidine groups is 1. The zero-order chi connectivity index (χ0) is 20.6. The van der Waals surface area contributed by atoms with Gasteiger partial charge in [0.05, 0.1) is 12.2 Å². The molecule has 0 bridgehead atoms. The van der Waals surface area contributed by atoms with E-state index in [1.807, 2.05) is 18.7 Å². The van der Waals surface area contributed by atoms with E-state index in [-0.39, 0.29) is 5.91 Å². The van der Waals surface area contributed by atoms with Crippen LogP contribution in [0.4, 0.5) is 5.95 Å². The van der Waals surface area contributed by atoms with Crippen LogP contribution in [0.3, 0.4) is 0 Å². The summed E-state index contributed by atoms with van der Waals surface area (Å²) in [6.45, 7) is 7.56. The van der Waals surface area contributed by atoms with Crippen molar-refractivity contribution in [1.82, 2.24) is 30.5 Å². The summed E-state index contributed by atoms with van der Waals surface area (Å²) >= 11 is 0. The molecule has 3 rings (SSSR count). The summed E-state index contributed by atoms with van der Waals surface area (Å²) in [5.74, 6) is 2.87. The van der Waals surface area contributed by atoms with Gasteiger partial charge in [-0.25, -0.2) is 15.0 Å². The number of aliphatic imine (C=N–C) groups is 1. The number of aromatic nitrogens is 3. The van der Waals surface area contributed by atoms with Gasteiger partial charge in [-0.05, 0) is 19.9 Å². The first kappa shape index (κ1) is 20.6. The van der Waals surface area contributed by atoms with Crippen LogP contribution in [0.5, 0.6) is 0 Å². The second kappa shape index (κ2) is 9.85. The molecule has 0 unspecified atom stereocenters. The van der Waals surface area contributed by atoms with Gasteiger partial charge in [0.2, 0.25) is 17.7 Å². The van der Waals surface area contributed by atoms with E-state index in [0.717, 1.165) is 24.5 Å². The van der Waals surface area contributed by atoms with Crippen LogP contribution in [-0.4, -0.2) is 71.5 Å². The van der Waals surface area contributed by atoms with Crippen LogP contribution in [0.1, 0.15) is 23.8 Å². The first-order valence-corrected chi connectivity index (χ1v) is 9.74. The van der Waals surface area contributed by atoms with Crippen molar-refractivity contribution in [1.29, 1.82) is 0 Å². The molecule has 156 valence electrons. The Kier molecular flexibility index (Phi) is 6.99. The van der Waals surface area contributed by atoms with Gasteiger partial charge in [0, 0.05) is 58.6 Å². The lowest BCUT2D eigenvalue weighted by Gasteiger charge is -2.34. The maximum absolute atomic E-state index is 12.5. The number of amides is 1. The van der Waals surface area contributed by atoms with Crippen LogP contribution in [0.2, 0.25) is 0 Å². The molecule has 29 heavy (non-hydrogen) atoms. The van der Waals surface area contributed by atoms with Gasteiger partial charge in [-0.15, -0.1) is 0 Å². The molecule has 2 N–H and O–H groups in total. The van der Waals surface area contributed by atoms with Gasteiger partial charge in [0.1, 0.15) is 5.76 Å². The van der Waals surface area contributed by atoms with E-state index in [1.54, 1.807) is 25.5 Å². The van der Waals surface area contributed by atoms with Crippen molar-refractivity contribution in [3.63, 3.8) is 0 Å². The van der Waals surface area contributed by atoms with Crippen molar-refractivity contribution in [2.24, 2.45) is 4.99 Å². The number of rotatable bonds is 6. The molecule has 2 aromatic heterocycles. The van der Waals surface area contributed by atoms with E-state index in [4.69, 9.17) is 4.42 Å². The van der Waals surface area contributed by atoms with Crippen LogP contribution in [0, 0.1) is 13.8 Å². The highest BCUT2D eigenvalue weighted by atomic mass is 16.4. The largest absolute Gasteiger partial charge is 0.444 e. The number of nitrogens with zero attached hydrogens (tertiary/aromatic N) is 6. The number of aryl methyl sites for hydroxylation is 2. The monoisotopic (exact) mass is 400 g/mol. The average molecular weight is 400 g/mol. The summed E-state index contributed by atoms with van der Waals surface area (Å²) in [5, 5.41) is 6.30. The van der Waals surface area contributed by atoms with Crippen molar-refractivity contribution in [2.75, 3.05) is 44.7 Å². The smallest absolute Gasteiger partial charge is 0.225 e. The fourth-order valence-corrected chi connectivity index (χ4v) is 3.05. The third-order valence-electron chi connectivity index (χ3n) is 4.80. The molecule has 1 aliphatic heterocycles. The summed E-state index contributed by atoms with van der Waals surface area (Å²) < 4.78 is 5.54. The topological polar surface area (TPSA) is 112 Å². The average Bonchev–Trinajstić information content (AvgIpc) is 3.08. The van der Waals surface area contributed by atoms with Crippen molar-refractivity contribution >= 4 is 17.8 Å². The summed E-state index contributed by atoms with van der Waals surface area (Å²) in [7, 11) is 1.69. The predicted octanol–water partition coefficient (Wildman–Crippen LogP) is 0.485. The Morgan fingerprint density at radius 3 is 2.52 bits per heavy atom. The normalized spacial score (nSPS) is 14.8. The first-order valence-electron chi connectivity index (χ1n) is 9.74. The van der Waals surface area contributed by atoms with Crippen LogP contribution in [-0.2, 0) is 11.3 Å². The molecule has 0 radical (unpaired) electrons. The van der Waals surface area contributed by atoms with E-state index < -0.39 is 0 Å². The van der Waals surface area contributed by atoms with Gasteiger partial charge in [-0.3, -0.25) is 9.79 Å². The van der Waals surface area contributed by atoms with Gasteiger partial charge < -0.3 is 24.9 Å². The zero-order valence-corrected chi connectivity index (χ0v) is 17.2. The summed E-state index contributed by atoms with van der Waals surface area (Å²) in [4.78, 5) is 33.5. The van der Waals surface area contributed by atoms with Gasteiger partial charge >= 0.3 is 0 Å². The standard InChI is InChI=1S/C19H28N8O2/c1-14-15(2)29-16(25-14)13-24-18(20-3)21-8-5-17(28)26-9-11-27(12-10-26)19-22-6-4-7-23-19/h4,6-7H,5,8-13H2,1-3H3,(H2,20,21,24). The molecule has 0 atom stereocenters. The lowest BCUT2D eigenvalue weighted by molar-refractivity contribution is -0.131. The summed E-state index contributed by atoms with van der Waals surface area (Å²) in [6.07, 6.45) is 3.87. The molecule has 10 heteroatoms. The Bertz CT molecular complexity index is 808. The molecule has 1 aliphatic rings. The highest BCUT2D eigenvalue weighted by molar-refractivity contribution is 5.81. The SMILES string of the molecule is CN=C(NCCC(=O)N1CCN(c2ncccn2)CC1)NCc1nc(C)c(C)o1. The fourth-order valence-electron chi connectivity index (χ4n) is 3.05. The minimum atomic E-state index is 0.125. The Labute approximate surface area is 170 Å². The van der Waals surface area contributed by atoms with Crippen molar-refractivity contribution in [3.8, 4) is 0 Å². The minimum absolute atomic E-state index is 0.125. The highest BCUT2D eigenvalue weighted by Crippen LogP contribution is 2.10. The number of anilines is 1. The van der Waals surface area contributed by atoms with Gasteiger partial charge in [0.25, 0.3) is 0 Å². The Morgan fingerprint density at radius 2 is 1.90 bits per heavy atom. The first-order chi connectivity index (χ1) is 14.1. The summed E-state index contributed by atoms with van der Waals surface area (Å²) in [6, 6.07) is 1.80. The van der Waals surface area contributed by atoms with Crippen molar-refractivity contribution in [3.05, 3.63) is 35.8 Å². The Balaban J connectivity index is 1.36. The van der Waals surface area contributed by atoms with E-state index >= 15 is 0 Å². The molecule has 1 fully saturated rings. The maximum atomic E-state index is 12.5. The van der Waals surface area contributed by atoms with Crippen LogP contribution in [0.25, 0.3) is 0 Å². The minimum Gasteiger partial charge on any atom is -0.444 e. The number of nitrogens with one attached hydrogen (secondary N) is 2. The molecular formula is C19H28N8O2. The number of carbonyl (C=O) groups excluding carboxylic acids is 1. The fraction of sp³-hybridized carbons (Fsp3) is 0.526. The molecule has 0 saturated carbocycles. The number of carbonyl (C=O) groups is 1. The van der Waals surface area contributed by atoms with Crippen LogP contribution < -0.4 is 15.5 Å². The van der Waals surface area contributed by atoms with Gasteiger partial charge in [-0.2, -0.15) is 0 Å². The number of hydrogen-bond acceptors (Lipinski definition) is 7. The predicted molar refractivity (Wildman–Crippen MR) is 110 cm³/mol. The number of piperazine rings is 1. The van der Waals surface area contributed by atoms with Crippen molar-refractivity contribution < 1.29 is 9.21 Å². The molecule has 0 spiro atoms. The molecule has 1 amide bonds. The molecule has 1 saturated heterocycles. The molecule has 0 aromatic carbocycles. The van der Waals surface area contributed by atoms with Crippen LogP contribution in [0.15, 0.2) is 27.9 Å². The third kappa shape index (κ3) is 5.66. The zero-order valence-electron chi connectivity index (χ0n) is 17.2. The number of hydrogen-bond donors (Lipinski definition) is 2. The van der Waals surface area contributed by atoms with Crippen molar-refractivity contribution in [2.45, 2.75) is 26.8 Å². The molecule has 0 aliphatic carbocycles. The molecule has 3 heterocycles.